The van der Waals surface area contributed by atoms with Gasteiger partial charge >= 0.3 is 0 Å². The minimum absolute atomic E-state index is 0.687. The highest BCUT2D eigenvalue weighted by atomic mass is 15.2. The topological polar surface area (TPSA) is 48.9 Å². The number of H-pyrrole nitrogens is 1. The van der Waals surface area contributed by atoms with Crippen molar-refractivity contribution in [2.24, 2.45) is 0 Å². The average molecular weight is 325 g/mol. The molecule has 126 valence electrons. The number of aromatic amines is 1. The molecule has 0 fully saturated rings. The Morgan fingerprint density at radius 3 is 2.42 bits per heavy atom. The first-order valence-corrected chi connectivity index (χ1v) is 8.23. The highest BCUT2D eigenvalue weighted by Gasteiger charge is 2.21. The van der Waals surface area contributed by atoms with Crippen molar-refractivity contribution in [3.63, 3.8) is 0 Å². The van der Waals surface area contributed by atoms with Gasteiger partial charge in [0.1, 0.15) is 6.07 Å². The van der Waals surface area contributed by atoms with Gasteiger partial charge in [-0.15, -0.1) is 0 Å². The van der Waals surface area contributed by atoms with Crippen molar-refractivity contribution in [2.75, 3.05) is 51.1 Å². The Balaban J connectivity index is 2.39. The summed E-state index contributed by atoms with van der Waals surface area (Å²) in [4.78, 5) is 8.81. The van der Waals surface area contributed by atoms with Crippen LogP contribution in [0.4, 0.5) is 11.5 Å². The van der Waals surface area contributed by atoms with E-state index in [-0.39, 0.29) is 0 Å². The zero-order chi connectivity index (χ0) is 17.5. The zero-order valence-electron chi connectivity index (χ0n) is 15.0. The van der Waals surface area contributed by atoms with Gasteiger partial charge in [0.15, 0.2) is 5.56 Å². The molecule has 0 aliphatic carbocycles. The van der Waals surface area contributed by atoms with Gasteiger partial charge in [-0.1, -0.05) is 30.3 Å². The molecule has 0 bridgehead atoms. The third-order valence-corrected chi connectivity index (χ3v) is 3.95. The minimum atomic E-state index is 0.687. The Labute approximate surface area is 144 Å². The van der Waals surface area contributed by atoms with Crippen LogP contribution < -0.4 is 19.7 Å². The molecule has 0 aliphatic heterocycles. The van der Waals surface area contributed by atoms with E-state index >= 15 is 0 Å². The van der Waals surface area contributed by atoms with Crippen LogP contribution in [-0.4, -0.2) is 41.3 Å². The SMILES string of the molecule is CN(C)c1[nH+]ccc(N(CC[NH+](C)C)Cc2ccccc2)c1C#N. The van der Waals surface area contributed by atoms with E-state index in [0.29, 0.717) is 5.56 Å². The summed E-state index contributed by atoms with van der Waals surface area (Å²) in [6.07, 6.45) is 1.91. The molecule has 0 spiro atoms. The lowest BCUT2D eigenvalue weighted by atomic mass is 10.1. The molecule has 0 aliphatic rings. The van der Waals surface area contributed by atoms with Crippen LogP contribution in [0.15, 0.2) is 42.6 Å². The third-order valence-electron chi connectivity index (χ3n) is 3.95. The molecule has 1 aromatic carbocycles. The molecule has 2 N–H and O–H groups in total. The predicted octanol–water partition coefficient (Wildman–Crippen LogP) is 0.589. The van der Waals surface area contributed by atoms with E-state index in [0.717, 1.165) is 31.1 Å². The van der Waals surface area contributed by atoms with E-state index in [9.17, 15) is 5.26 Å². The number of nitrogens with zero attached hydrogens (tertiary/aromatic N) is 3. The summed E-state index contributed by atoms with van der Waals surface area (Å²) >= 11 is 0. The lowest BCUT2D eigenvalue weighted by molar-refractivity contribution is -0.856. The first-order valence-electron chi connectivity index (χ1n) is 8.23. The van der Waals surface area contributed by atoms with Gasteiger partial charge in [-0.3, -0.25) is 4.90 Å². The summed E-state index contributed by atoms with van der Waals surface area (Å²) in [6, 6.07) is 14.8. The average Bonchev–Trinajstić information content (AvgIpc) is 2.58. The van der Waals surface area contributed by atoms with E-state index in [2.05, 4.69) is 54.3 Å². The number of hydrogen-bond acceptors (Lipinski definition) is 3. The van der Waals surface area contributed by atoms with Gasteiger partial charge in [-0.2, -0.15) is 5.26 Å². The zero-order valence-corrected chi connectivity index (χ0v) is 15.0. The van der Waals surface area contributed by atoms with Crippen LogP contribution in [0.3, 0.4) is 0 Å². The Kier molecular flexibility index (Phi) is 6.16. The summed E-state index contributed by atoms with van der Waals surface area (Å²) in [6.45, 7) is 2.69. The van der Waals surface area contributed by atoms with Gasteiger partial charge < -0.3 is 9.80 Å². The number of nitrogens with one attached hydrogen (secondary N) is 2. The molecule has 5 nitrogen and oxygen atoms in total. The van der Waals surface area contributed by atoms with Crippen LogP contribution in [0.1, 0.15) is 11.1 Å². The first-order chi connectivity index (χ1) is 11.5. The van der Waals surface area contributed by atoms with Crippen LogP contribution >= 0.6 is 0 Å². The van der Waals surface area contributed by atoms with Crippen molar-refractivity contribution in [1.29, 1.82) is 5.26 Å². The number of quaternary nitrogens is 1. The normalized spacial score (nSPS) is 10.5. The second-order valence-corrected chi connectivity index (χ2v) is 6.46. The van der Waals surface area contributed by atoms with Crippen molar-refractivity contribution in [1.82, 2.24) is 0 Å². The molecule has 2 rings (SSSR count). The lowest BCUT2D eigenvalue weighted by Gasteiger charge is -2.26. The van der Waals surface area contributed by atoms with Crippen LogP contribution in [-0.2, 0) is 6.54 Å². The maximum Gasteiger partial charge on any atom is 0.294 e. The molecule has 5 heteroatoms. The third kappa shape index (κ3) is 4.46. The smallest absolute Gasteiger partial charge is 0.294 e. The fourth-order valence-corrected chi connectivity index (χ4v) is 2.65. The molecule has 0 saturated carbocycles. The highest BCUT2D eigenvalue weighted by Crippen LogP contribution is 2.25. The monoisotopic (exact) mass is 325 g/mol. The minimum Gasteiger partial charge on any atom is -0.360 e. The fraction of sp³-hybridized carbons (Fsp3) is 0.368. The molecule has 0 unspecified atom stereocenters. The van der Waals surface area contributed by atoms with E-state index in [1.165, 1.54) is 10.5 Å². The van der Waals surface area contributed by atoms with Crippen LogP contribution in [0.2, 0.25) is 0 Å². The molecule has 1 aromatic heterocycles. The number of anilines is 2. The molecule has 1 heterocycles. The van der Waals surface area contributed by atoms with Gasteiger partial charge in [0.05, 0.1) is 53.2 Å². The Morgan fingerprint density at radius 1 is 1.12 bits per heavy atom. The second kappa shape index (κ2) is 8.32. The number of rotatable bonds is 7. The van der Waals surface area contributed by atoms with Gasteiger partial charge in [-0.05, 0) is 5.56 Å². The fourth-order valence-electron chi connectivity index (χ4n) is 2.65. The molecule has 24 heavy (non-hydrogen) atoms. The molecular formula is C19H27N5+2. The Hall–Kier alpha value is -2.58. The summed E-state index contributed by atoms with van der Waals surface area (Å²) < 4.78 is 0. The van der Waals surface area contributed by atoms with Crippen LogP contribution in [0.25, 0.3) is 0 Å². The number of likely N-dealkylation sites (N-methyl/N-ethyl adjacent to an activating group) is 1. The van der Waals surface area contributed by atoms with Crippen molar-refractivity contribution in [2.45, 2.75) is 6.54 Å². The van der Waals surface area contributed by atoms with Gasteiger partial charge in [0.2, 0.25) is 0 Å². The molecule has 0 atom stereocenters. The maximum absolute atomic E-state index is 9.71. The summed E-state index contributed by atoms with van der Waals surface area (Å²) in [5.41, 5.74) is 2.91. The number of nitriles is 1. The van der Waals surface area contributed by atoms with Gasteiger partial charge in [-0.25, -0.2) is 4.98 Å². The summed E-state index contributed by atoms with van der Waals surface area (Å²) in [7, 11) is 8.19. The lowest BCUT2D eigenvalue weighted by Crippen LogP contribution is -3.06. The predicted molar refractivity (Wildman–Crippen MR) is 97.2 cm³/mol. The van der Waals surface area contributed by atoms with Gasteiger partial charge in [0.25, 0.3) is 5.82 Å². The van der Waals surface area contributed by atoms with Crippen LogP contribution in [0, 0.1) is 11.3 Å². The van der Waals surface area contributed by atoms with Crippen molar-refractivity contribution < 1.29 is 9.88 Å². The van der Waals surface area contributed by atoms with Crippen LogP contribution in [0.5, 0.6) is 0 Å². The Morgan fingerprint density at radius 2 is 1.83 bits per heavy atom. The van der Waals surface area contributed by atoms with E-state index in [4.69, 9.17) is 0 Å². The molecule has 0 saturated heterocycles. The molecule has 0 amide bonds. The van der Waals surface area contributed by atoms with E-state index in [1.54, 1.807) is 0 Å². The van der Waals surface area contributed by atoms with Crippen molar-refractivity contribution in [3.8, 4) is 6.07 Å². The number of benzene rings is 1. The molecule has 0 radical (unpaired) electrons. The summed E-state index contributed by atoms with van der Waals surface area (Å²) in [5.74, 6) is 0.838. The first kappa shape index (κ1) is 17.8. The van der Waals surface area contributed by atoms with E-state index < -0.39 is 0 Å². The van der Waals surface area contributed by atoms with E-state index in [1.807, 2.05) is 37.3 Å². The van der Waals surface area contributed by atoms with Crippen molar-refractivity contribution >= 4 is 11.5 Å². The highest BCUT2D eigenvalue weighted by molar-refractivity contribution is 5.67. The molecule has 2 aromatic rings. The van der Waals surface area contributed by atoms with Crippen molar-refractivity contribution in [3.05, 3.63) is 53.7 Å². The standard InChI is InChI=1S/C19H25N5/c1-22(2)12-13-24(15-16-8-6-5-7-9-16)18-10-11-21-19(23(3)4)17(18)14-20/h5-11H,12-13,15H2,1-4H3/p+2. The quantitative estimate of drug-likeness (QED) is 0.811. The number of pyridine rings is 1. The largest absolute Gasteiger partial charge is 0.360 e. The summed E-state index contributed by atoms with van der Waals surface area (Å²) in [5, 5.41) is 9.71. The molecular weight excluding hydrogens is 298 g/mol. The number of hydrogen-bond donors (Lipinski definition) is 1. The maximum atomic E-state index is 9.71. The Bertz CT molecular complexity index is 689. The van der Waals surface area contributed by atoms with Gasteiger partial charge in [0, 0.05) is 12.6 Å². The second-order valence-electron chi connectivity index (χ2n) is 6.46. The number of aromatic nitrogens is 1.